The zero-order chi connectivity index (χ0) is 14.8. The molecule has 0 aromatic rings. The highest BCUT2D eigenvalue weighted by Gasteiger charge is 2.44. The van der Waals surface area contributed by atoms with Crippen LogP contribution >= 0.6 is 0 Å². The molecule has 1 fully saturated rings. The molecule has 0 bridgehead atoms. The Kier molecular flexibility index (Phi) is 5.95. The normalized spacial score (nSPS) is 32.5. The van der Waals surface area contributed by atoms with Crippen LogP contribution in [0.4, 0.5) is 0 Å². The molecule has 0 saturated carbocycles. The molecule has 0 aromatic carbocycles. The quantitative estimate of drug-likeness (QED) is 0.361. The van der Waals surface area contributed by atoms with E-state index in [0.29, 0.717) is 18.7 Å². The SMILES string of the molecule is CC(=O)OCCCC[C@H]1C[C@H]2CC[C@H]3C[C@@H](C)NC(=[N+]23)N1.[Cl-]. The van der Waals surface area contributed by atoms with Gasteiger partial charge in [0.2, 0.25) is 0 Å². The van der Waals surface area contributed by atoms with Crippen LogP contribution in [0, 0.1) is 0 Å². The Morgan fingerprint density at radius 1 is 1.23 bits per heavy atom. The standard InChI is InChI=1S/C16H27N3O2.ClH/c1-11-9-14-6-7-15-10-13(18-16(17-11)19(14)15)5-3-4-8-21-12(2)20;/h11,13-15H,3-10H2,1-2H3,(H,17,18);1H/t11-,13+,14+,15-;/m1./s1. The number of hydrogen-bond acceptors (Lipinski definition) is 4. The van der Waals surface area contributed by atoms with Gasteiger partial charge in [-0.3, -0.25) is 20.0 Å². The Labute approximate surface area is 139 Å². The summed E-state index contributed by atoms with van der Waals surface area (Å²) < 4.78 is 7.60. The molecule has 5 nitrogen and oxygen atoms in total. The largest absolute Gasteiger partial charge is 1.00 e. The summed E-state index contributed by atoms with van der Waals surface area (Å²) >= 11 is 0. The Morgan fingerprint density at radius 3 is 2.68 bits per heavy atom. The number of unbranched alkanes of at least 4 members (excludes halogenated alkanes) is 1. The van der Waals surface area contributed by atoms with Gasteiger partial charge < -0.3 is 17.1 Å². The lowest BCUT2D eigenvalue weighted by Gasteiger charge is -2.35. The molecule has 3 aliphatic heterocycles. The van der Waals surface area contributed by atoms with Crippen molar-refractivity contribution in [2.24, 2.45) is 0 Å². The van der Waals surface area contributed by atoms with E-state index in [1.54, 1.807) is 0 Å². The maximum atomic E-state index is 10.7. The number of ether oxygens (including phenoxy) is 1. The van der Waals surface area contributed by atoms with Crippen molar-refractivity contribution in [3.63, 3.8) is 0 Å². The molecule has 0 radical (unpaired) electrons. The van der Waals surface area contributed by atoms with E-state index in [4.69, 9.17) is 4.74 Å². The van der Waals surface area contributed by atoms with E-state index in [-0.39, 0.29) is 18.4 Å². The first kappa shape index (κ1) is 17.4. The highest BCUT2D eigenvalue weighted by atomic mass is 35.5. The molecule has 3 heterocycles. The maximum Gasteiger partial charge on any atom is 0.346 e. The minimum atomic E-state index is -0.172. The van der Waals surface area contributed by atoms with Crippen molar-refractivity contribution in [1.29, 1.82) is 0 Å². The molecule has 3 rings (SSSR count). The fraction of sp³-hybridized carbons (Fsp3) is 0.875. The van der Waals surface area contributed by atoms with Gasteiger partial charge in [0, 0.05) is 19.8 Å². The van der Waals surface area contributed by atoms with Gasteiger partial charge in [-0.25, -0.2) is 0 Å². The summed E-state index contributed by atoms with van der Waals surface area (Å²) in [7, 11) is 0. The molecular formula is C16H28ClN3O2. The zero-order valence-corrected chi connectivity index (χ0v) is 14.4. The first-order valence-corrected chi connectivity index (χ1v) is 8.45. The minimum Gasteiger partial charge on any atom is -1.00 e. The number of rotatable bonds is 5. The molecule has 0 unspecified atom stereocenters. The smallest absolute Gasteiger partial charge is 0.346 e. The number of esters is 1. The third kappa shape index (κ3) is 3.86. The molecular weight excluding hydrogens is 302 g/mol. The maximum absolute atomic E-state index is 10.7. The summed E-state index contributed by atoms with van der Waals surface area (Å²) in [5, 5.41) is 7.34. The van der Waals surface area contributed by atoms with Gasteiger partial charge in [0.05, 0.1) is 30.8 Å². The van der Waals surface area contributed by atoms with Gasteiger partial charge in [-0.2, -0.15) is 0 Å². The number of guanidine groups is 1. The van der Waals surface area contributed by atoms with Crippen LogP contribution in [0.15, 0.2) is 0 Å². The average molecular weight is 330 g/mol. The summed E-state index contributed by atoms with van der Waals surface area (Å²) in [5.74, 6) is 1.10. The second-order valence-electron chi connectivity index (χ2n) is 6.83. The first-order chi connectivity index (χ1) is 10.1. The summed E-state index contributed by atoms with van der Waals surface area (Å²) in [4.78, 5) is 10.7. The van der Waals surface area contributed by atoms with Gasteiger partial charge >= 0.3 is 11.9 Å². The van der Waals surface area contributed by atoms with Gasteiger partial charge in [0.1, 0.15) is 0 Å². The van der Waals surface area contributed by atoms with Crippen molar-refractivity contribution in [3.8, 4) is 0 Å². The van der Waals surface area contributed by atoms with Gasteiger partial charge in [0.25, 0.3) is 0 Å². The third-order valence-corrected chi connectivity index (χ3v) is 5.04. The molecule has 0 aliphatic carbocycles. The fourth-order valence-electron chi connectivity index (χ4n) is 4.16. The van der Waals surface area contributed by atoms with Crippen molar-refractivity contribution in [2.45, 2.75) is 83.0 Å². The van der Waals surface area contributed by atoms with E-state index < -0.39 is 0 Å². The molecule has 0 aromatic heterocycles. The van der Waals surface area contributed by atoms with Crippen LogP contribution in [0.2, 0.25) is 0 Å². The van der Waals surface area contributed by atoms with Crippen LogP contribution in [0.3, 0.4) is 0 Å². The monoisotopic (exact) mass is 329 g/mol. The van der Waals surface area contributed by atoms with Crippen molar-refractivity contribution in [2.75, 3.05) is 6.61 Å². The van der Waals surface area contributed by atoms with Crippen molar-refractivity contribution < 1.29 is 26.5 Å². The second-order valence-corrected chi connectivity index (χ2v) is 6.83. The number of hydrogen-bond donors (Lipinski definition) is 2. The highest BCUT2D eigenvalue weighted by molar-refractivity contribution is 5.76. The van der Waals surface area contributed by atoms with Gasteiger partial charge in [-0.15, -0.1) is 0 Å². The summed E-state index contributed by atoms with van der Waals surface area (Å²) in [5.41, 5.74) is 0. The van der Waals surface area contributed by atoms with Gasteiger partial charge in [-0.1, -0.05) is 0 Å². The van der Waals surface area contributed by atoms with Crippen LogP contribution in [-0.4, -0.2) is 47.3 Å². The molecule has 4 atom stereocenters. The van der Waals surface area contributed by atoms with Gasteiger partial charge in [-0.05, 0) is 39.0 Å². The van der Waals surface area contributed by atoms with E-state index >= 15 is 0 Å². The van der Waals surface area contributed by atoms with Crippen LogP contribution in [0.25, 0.3) is 0 Å². The Bertz CT molecular complexity index is 441. The third-order valence-electron chi connectivity index (χ3n) is 5.04. The predicted molar refractivity (Wildman–Crippen MR) is 81.3 cm³/mol. The molecule has 1 saturated heterocycles. The Balaban J connectivity index is 0.00000176. The topological polar surface area (TPSA) is 53.4 Å². The van der Waals surface area contributed by atoms with Crippen LogP contribution in [0.5, 0.6) is 0 Å². The average Bonchev–Trinajstić information content (AvgIpc) is 2.82. The summed E-state index contributed by atoms with van der Waals surface area (Å²) in [6.45, 7) is 4.31. The molecule has 0 amide bonds. The van der Waals surface area contributed by atoms with Crippen molar-refractivity contribution in [3.05, 3.63) is 0 Å². The Hall–Kier alpha value is -0.970. The van der Waals surface area contributed by atoms with Crippen molar-refractivity contribution in [1.82, 2.24) is 10.6 Å². The minimum absolute atomic E-state index is 0. The van der Waals surface area contributed by atoms with Crippen molar-refractivity contribution >= 4 is 11.9 Å². The Morgan fingerprint density at radius 2 is 1.95 bits per heavy atom. The second kappa shape index (κ2) is 7.53. The number of carbonyl (C=O) groups excluding carboxylic acids is 1. The lowest BCUT2D eigenvalue weighted by Crippen LogP contribution is -3.00. The van der Waals surface area contributed by atoms with E-state index in [2.05, 4.69) is 22.1 Å². The van der Waals surface area contributed by atoms with Crippen LogP contribution in [0.1, 0.15) is 58.8 Å². The van der Waals surface area contributed by atoms with E-state index in [0.717, 1.165) is 31.3 Å². The molecule has 126 valence electrons. The zero-order valence-electron chi connectivity index (χ0n) is 13.6. The molecule has 3 aliphatic rings. The van der Waals surface area contributed by atoms with Gasteiger partial charge in [0.15, 0.2) is 0 Å². The fourth-order valence-corrected chi connectivity index (χ4v) is 4.16. The molecule has 22 heavy (non-hydrogen) atoms. The number of carbonyl (C=O) groups is 1. The number of nitrogens with zero attached hydrogens (tertiary/aromatic N) is 1. The van der Waals surface area contributed by atoms with Crippen LogP contribution < -0.4 is 23.0 Å². The van der Waals surface area contributed by atoms with E-state index in [1.165, 1.54) is 38.6 Å². The summed E-state index contributed by atoms with van der Waals surface area (Å²) in [6.07, 6.45) is 8.46. The number of halogens is 1. The first-order valence-electron chi connectivity index (χ1n) is 8.45. The van der Waals surface area contributed by atoms with Crippen LogP contribution in [-0.2, 0) is 9.53 Å². The molecule has 6 heteroatoms. The predicted octanol–water partition coefficient (Wildman–Crippen LogP) is -1.63. The number of nitrogens with one attached hydrogen (secondary N) is 2. The lowest BCUT2D eigenvalue weighted by atomic mass is 9.99. The highest BCUT2D eigenvalue weighted by Crippen LogP contribution is 2.31. The van der Waals surface area contributed by atoms with E-state index in [9.17, 15) is 4.79 Å². The molecule has 2 N–H and O–H groups in total. The van der Waals surface area contributed by atoms with E-state index in [1.807, 2.05) is 0 Å². The molecule has 0 spiro atoms. The summed E-state index contributed by atoms with van der Waals surface area (Å²) in [6, 6.07) is 2.62. The lowest BCUT2D eigenvalue weighted by molar-refractivity contribution is -0.593.